The molecule has 0 saturated heterocycles. The Labute approximate surface area is 103 Å². The van der Waals surface area contributed by atoms with Crippen molar-refractivity contribution >= 4 is 10.9 Å². The quantitative estimate of drug-likeness (QED) is 0.842. The molecule has 2 heteroatoms. The second-order valence-electron chi connectivity index (χ2n) is 5.20. The maximum absolute atomic E-state index is 5.93. The lowest BCUT2D eigenvalue weighted by Crippen LogP contribution is -2.06. The topological polar surface area (TPSA) is 30.9 Å². The first-order valence-electron chi connectivity index (χ1n) is 6.26. The van der Waals surface area contributed by atoms with Gasteiger partial charge in [-0.25, -0.2) is 0 Å². The SMILES string of the molecule is Cc1ccc(C)c2c1c(C(C)C)c(CN)n2C. The summed E-state index contributed by atoms with van der Waals surface area (Å²) in [6.07, 6.45) is 0. The van der Waals surface area contributed by atoms with Crippen LogP contribution in [0.1, 0.15) is 42.1 Å². The van der Waals surface area contributed by atoms with Gasteiger partial charge in [-0.05, 0) is 36.5 Å². The summed E-state index contributed by atoms with van der Waals surface area (Å²) in [5.41, 5.74) is 12.6. The van der Waals surface area contributed by atoms with E-state index in [0.717, 1.165) is 0 Å². The number of nitrogens with zero attached hydrogens (tertiary/aromatic N) is 1. The molecule has 0 radical (unpaired) electrons. The Bertz CT molecular complexity index is 562. The summed E-state index contributed by atoms with van der Waals surface area (Å²) in [4.78, 5) is 0. The molecule has 0 atom stereocenters. The van der Waals surface area contributed by atoms with Crippen molar-refractivity contribution in [2.24, 2.45) is 12.8 Å². The minimum Gasteiger partial charge on any atom is -0.346 e. The molecule has 0 amide bonds. The van der Waals surface area contributed by atoms with Gasteiger partial charge in [-0.15, -0.1) is 0 Å². The van der Waals surface area contributed by atoms with Gasteiger partial charge in [0.05, 0.1) is 5.52 Å². The Hall–Kier alpha value is -1.28. The number of hydrogen-bond acceptors (Lipinski definition) is 1. The third-order valence-electron chi connectivity index (χ3n) is 3.68. The lowest BCUT2D eigenvalue weighted by atomic mass is 9.95. The monoisotopic (exact) mass is 230 g/mol. The number of hydrogen-bond donors (Lipinski definition) is 1. The molecule has 17 heavy (non-hydrogen) atoms. The fourth-order valence-corrected chi connectivity index (χ4v) is 2.90. The van der Waals surface area contributed by atoms with Crippen molar-refractivity contribution in [2.75, 3.05) is 0 Å². The molecule has 0 fully saturated rings. The number of fused-ring (bicyclic) bond motifs is 1. The van der Waals surface area contributed by atoms with E-state index in [1.807, 2.05) is 0 Å². The van der Waals surface area contributed by atoms with Crippen LogP contribution in [-0.2, 0) is 13.6 Å². The Morgan fingerprint density at radius 1 is 1.18 bits per heavy atom. The molecule has 0 aliphatic heterocycles. The van der Waals surface area contributed by atoms with Crippen LogP contribution in [0, 0.1) is 13.8 Å². The summed E-state index contributed by atoms with van der Waals surface area (Å²) in [6, 6.07) is 4.41. The van der Waals surface area contributed by atoms with E-state index in [1.165, 1.54) is 33.3 Å². The van der Waals surface area contributed by atoms with Gasteiger partial charge in [0.2, 0.25) is 0 Å². The normalized spacial score (nSPS) is 11.7. The number of nitrogens with two attached hydrogens (primary N) is 1. The van der Waals surface area contributed by atoms with E-state index in [-0.39, 0.29) is 0 Å². The predicted octanol–water partition coefficient (Wildman–Crippen LogP) is 3.38. The Kier molecular flexibility index (Phi) is 3.00. The van der Waals surface area contributed by atoms with Gasteiger partial charge in [-0.3, -0.25) is 0 Å². The van der Waals surface area contributed by atoms with E-state index in [1.54, 1.807) is 0 Å². The smallest absolute Gasteiger partial charge is 0.0515 e. The molecule has 2 N–H and O–H groups in total. The summed E-state index contributed by atoms with van der Waals surface area (Å²) in [5, 5.41) is 1.41. The van der Waals surface area contributed by atoms with Gasteiger partial charge in [-0.2, -0.15) is 0 Å². The number of aryl methyl sites for hydroxylation is 3. The van der Waals surface area contributed by atoms with Gasteiger partial charge in [0.25, 0.3) is 0 Å². The average Bonchev–Trinajstić information content (AvgIpc) is 2.58. The molecule has 2 aromatic rings. The molecule has 2 nitrogen and oxygen atoms in total. The Morgan fingerprint density at radius 3 is 2.29 bits per heavy atom. The third-order valence-corrected chi connectivity index (χ3v) is 3.68. The molecule has 0 aliphatic rings. The van der Waals surface area contributed by atoms with Gasteiger partial charge < -0.3 is 10.3 Å². The highest BCUT2D eigenvalue weighted by atomic mass is 15.0. The van der Waals surface area contributed by atoms with Crippen LogP contribution < -0.4 is 5.73 Å². The Balaban J connectivity index is 3.00. The first-order valence-corrected chi connectivity index (χ1v) is 6.26. The zero-order valence-corrected chi connectivity index (χ0v) is 11.5. The highest BCUT2D eigenvalue weighted by Gasteiger charge is 2.19. The van der Waals surface area contributed by atoms with Crippen molar-refractivity contribution < 1.29 is 0 Å². The van der Waals surface area contributed by atoms with Gasteiger partial charge in [0.15, 0.2) is 0 Å². The van der Waals surface area contributed by atoms with E-state index in [9.17, 15) is 0 Å². The maximum Gasteiger partial charge on any atom is 0.0515 e. The summed E-state index contributed by atoms with van der Waals surface area (Å²) in [7, 11) is 2.13. The van der Waals surface area contributed by atoms with Gasteiger partial charge >= 0.3 is 0 Å². The van der Waals surface area contributed by atoms with Crippen LogP contribution in [0.2, 0.25) is 0 Å². The van der Waals surface area contributed by atoms with E-state index >= 15 is 0 Å². The van der Waals surface area contributed by atoms with Crippen molar-refractivity contribution in [1.29, 1.82) is 0 Å². The first-order chi connectivity index (χ1) is 7.99. The zero-order chi connectivity index (χ0) is 12.7. The molecule has 0 spiro atoms. The van der Waals surface area contributed by atoms with Crippen LogP contribution in [-0.4, -0.2) is 4.57 Å². The molecule has 0 saturated carbocycles. The van der Waals surface area contributed by atoms with Gasteiger partial charge in [0.1, 0.15) is 0 Å². The van der Waals surface area contributed by atoms with Crippen molar-refractivity contribution in [3.05, 3.63) is 34.5 Å². The number of rotatable bonds is 2. The highest BCUT2D eigenvalue weighted by Crippen LogP contribution is 2.34. The fourth-order valence-electron chi connectivity index (χ4n) is 2.90. The largest absolute Gasteiger partial charge is 0.346 e. The van der Waals surface area contributed by atoms with Crippen LogP contribution in [0.5, 0.6) is 0 Å². The standard InChI is InChI=1S/C15H22N2/c1-9(2)13-12(8-16)17(5)15-11(4)7-6-10(3)14(13)15/h6-7,9H,8,16H2,1-5H3. The second-order valence-corrected chi connectivity index (χ2v) is 5.20. The van der Waals surface area contributed by atoms with Crippen LogP contribution >= 0.6 is 0 Å². The summed E-state index contributed by atoms with van der Waals surface area (Å²) in [6.45, 7) is 9.46. The van der Waals surface area contributed by atoms with Crippen LogP contribution in [0.4, 0.5) is 0 Å². The molecule has 92 valence electrons. The Morgan fingerprint density at radius 2 is 1.76 bits per heavy atom. The molecule has 0 bridgehead atoms. The molecular weight excluding hydrogens is 208 g/mol. The van der Waals surface area contributed by atoms with E-state index < -0.39 is 0 Å². The fraction of sp³-hybridized carbons (Fsp3) is 0.467. The molecule has 2 rings (SSSR count). The predicted molar refractivity (Wildman–Crippen MR) is 74.4 cm³/mol. The van der Waals surface area contributed by atoms with E-state index in [0.29, 0.717) is 12.5 Å². The van der Waals surface area contributed by atoms with E-state index in [4.69, 9.17) is 5.73 Å². The molecule has 1 aromatic heterocycles. The summed E-state index contributed by atoms with van der Waals surface area (Å²) in [5.74, 6) is 0.512. The lowest BCUT2D eigenvalue weighted by Gasteiger charge is -2.09. The highest BCUT2D eigenvalue weighted by molar-refractivity contribution is 5.91. The average molecular weight is 230 g/mol. The maximum atomic E-state index is 5.93. The molecule has 1 heterocycles. The molecular formula is C15H22N2. The second kappa shape index (κ2) is 4.19. The van der Waals surface area contributed by atoms with Crippen LogP contribution in [0.25, 0.3) is 10.9 Å². The van der Waals surface area contributed by atoms with Crippen molar-refractivity contribution in [2.45, 2.75) is 40.2 Å². The number of aromatic nitrogens is 1. The minimum absolute atomic E-state index is 0.512. The minimum atomic E-state index is 0.512. The van der Waals surface area contributed by atoms with Gasteiger partial charge in [0, 0.05) is 24.7 Å². The molecule has 0 aliphatic carbocycles. The van der Waals surface area contributed by atoms with Crippen LogP contribution in [0.3, 0.4) is 0 Å². The van der Waals surface area contributed by atoms with Crippen molar-refractivity contribution in [1.82, 2.24) is 4.57 Å². The molecule has 1 aromatic carbocycles. The zero-order valence-electron chi connectivity index (χ0n) is 11.5. The summed E-state index contributed by atoms with van der Waals surface area (Å²) < 4.78 is 2.27. The number of benzene rings is 1. The summed E-state index contributed by atoms with van der Waals surface area (Å²) >= 11 is 0. The van der Waals surface area contributed by atoms with Crippen molar-refractivity contribution in [3.63, 3.8) is 0 Å². The van der Waals surface area contributed by atoms with Crippen LogP contribution in [0.15, 0.2) is 12.1 Å². The van der Waals surface area contributed by atoms with Crippen molar-refractivity contribution in [3.8, 4) is 0 Å². The first kappa shape index (κ1) is 12.2. The van der Waals surface area contributed by atoms with Gasteiger partial charge in [-0.1, -0.05) is 26.0 Å². The third kappa shape index (κ3) is 1.67. The molecule has 0 unspecified atom stereocenters. The van der Waals surface area contributed by atoms with E-state index in [2.05, 4.69) is 51.4 Å². The lowest BCUT2D eigenvalue weighted by molar-refractivity contribution is 0.787.